The third kappa shape index (κ3) is 2.62. The molecule has 0 aromatic heterocycles. The Morgan fingerprint density at radius 2 is 1.58 bits per heavy atom. The Bertz CT molecular complexity index is 393. The summed E-state index contributed by atoms with van der Waals surface area (Å²) in [6.07, 6.45) is 2.98. The van der Waals surface area contributed by atoms with Gasteiger partial charge in [-0.1, -0.05) is 12.2 Å². The van der Waals surface area contributed by atoms with Gasteiger partial charge in [0.15, 0.2) is 5.41 Å². The molecule has 2 atom stereocenters. The highest BCUT2D eigenvalue weighted by Gasteiger charge is 2.56. The van der Waals surface area contributed by atoms with Gasteiger partial charge in [-0.05, 0) is 20.8 Å². The minimum Gasteiger partial charge on any atom is -0.481 e. The third-order valence-corrected chi connectivity index (χ3v) is 3.26. The Labute approximate surface area is 111 Å². The number of carbonyl (C=O) groups excluding carboxylic acids is 2. The quantitative estimate of drug-likeness (QED) is 0.440. The lowest BCUT2D eigenvalue weighted by Gasteiger charge is -2.38. The molecule has 0 aliphatic heterocycles. The van der Waals surface area contributed by atoms with Gasteiger partial charge in [-0.3, -0.25) is 14.4 Å². The van der Waals surface area contributed by atoms with E-state index in [1.807, 2.05) is 0 Å². The molecule has 0 aromatic rings. The third-order valence-electron chi connectivity index (χ3n) is 3.26. The van der Waals surface area contributed by atoms with Crippen molar-refractivity contribution < 1.29 is 29.0 Å². The van der Waals surface area contributed by atoms with Crippen molar-refractivity contribution in [2.24, 2.45) is 17.3 Å². The minimum absolute atomic E-state index is 0.113. The van der Waals surface area contributed by atoms with Crippen molar-refractivity contribution in [1.82, 2.24) is 0 Å². The number of carboxylic acid groups (broad SMARTS) is 1. The Morgan fingerprint density at radius 1 is 1.11 bits per heavy atom. The van der Waals surface area contributed by atoms with Gasteiger partial charge in [-0.15, -0.1) is 0 Å². The average Bonchev–Trinajstić information content (AvgIpc) is 2.26. The molecule has 1 N–H and O–H groups in total. The van der Waals surface area contributed by atoms with Crippen LogP contribution in [0.2, 0.25) is 0 Å². The van der Waals surface area contributed by atoms with Crippen LogP contribution in [0.4, 0.5) is 0 Å². The van der Waals surface area contributed by atoms with Gasteiger partial charge in [0.2, 0.25) is 0 Å². The Balaban J connectivity index is 3.06. The normalized spacial score (nSPS) is 21.4. The largest absolute Gasteiger partial charge is 0.481 e. The molecule has 6 nitrogen and oxygen atoms in total. The minimum atomic E-state index is -1.62. The van der Waals surface area contributed by atoms with Crippen LogP contribution < -0.4 is 0 Å². The number of allylic oxidation sites excluding steroid dienone is 1. The number of carboxylic acids is 1. The standard InChI is InChI=1S/C13H18O6/c1-4-18-11(16)13(3,12(17)19-5-2)9-7-6-8(9)10(14)15/h6-9H,4-5H2,1-3H3,(H,14,15)/t8-,9+/m1/s1. The summed E-state index contributed by atoms with van der Waals surface area (Å²) in [5, 5.41) is 9.03. The van der Waals surface area contributed by atoms with Crippen molar-refractivity contribution in [1.29, 1.82) is 0 Å². The predicted octanol–water partition coefficient (Wildman–Crippen LogP) is 1.01. The summed E-state index contributed by atoms with van der Waals surface area (Å²) in [5.41, 5.74) is -1.62. The van der Waals surface area contributed by atoms with Crippen molar-refractivity contribution in [3.05, 3.63) is 12.2 Å². The lowest BCUT2D eigenvalue weighted by Crippen LogP contribution is -2.50. The first-order valence-corrected chi connectivity index (χ1v) is 6.15. The van der Waals surface area contributed by atoms with E-state index in [0.29, 0.717) is 0 Å². The number of hydrogen-bond donors (Lipinski definition) is 1. The van der Waals surface area contributed by atoms with Crippen LogP contribution in [-0.4, -0.2) is 36.2 Å². The molecule has 0 amide bonds. The number of ether oxygens (including phenoxy) is 2. The average molecular weight is 270 g/mol. The lowest BCUT2D eigenvalue weighted by molar-refractivity contribution is -0.176. The summed E-state index contributed by atoms with van der Waals surface area (Å²) in [6.45, 7) is 4.83. The molecule has 0 radical (unpaired) electrons. The maximum atomic E-state index is 12.0. The smallest absolute Gasteiger partial charge is 0.323 e. The zero-order valence-electron chi connectivity index (χ0n) is 11.2. The highest BCUT2D eigenvalue weighted by atomic mass is 16.6. The second-order valence-electron chi connectivity index (χ2n) is 4.42. The van der Waals surface area contributed by atoms with E-state index in [4.69, 9.17) is 14.6 Å². The van der Waals surface area contributed by atoms with E-state index in [1.165, 1.54) is 19.1 Å². The van der Waals surface area contributed by atoms with Crippen molar-refractivity contribution in [2.45, 2.75) is 20.8 Å². The number of aliphatic carboxylic acids is 1. The van der Waals surface area contributed by atoms with E-state index < -0.39 is 35.2 Å². The highest BCUT2D eigenvalue weighted by Crippen LogP contribution is 2.43. The van der Waals surface area contributed by atoms with Gasteiger partial charge in [-0.25, -0.2) is 0 Å². The van der Waals surface area contributed by atoms with E-state index in [0.717, 1.165) is 0 Å². The van der Waals surface area contributed by atoms with E-state index in [9.17, 15) is 14.4 Å². The van der Waals surface area contributed by atoms with Crippen LogP contribution in [0.3, 0.4) is 0 Å². The predicted molar refractivity (Wildman–Crippen MR) is 65.1 cm³/mol. The fraction of sp³-hybridized carbons (Fsp3) is 0.615. The topological polar surface area (TPSA) is 89.9 Å². The monoisotopic (exact) mass is 270 g/mol. The summed E-state index contributed by atoms with van der Waals surface area (Å²) in [4.78, 5) is 35.1. The van der Waals surface area contributed by atoms with Crippen LogP contribution >= 0.6 is 0 Å². The van der Waals surface area contributed by atoms with Crippen LogP contribution in [0.25, 0.3) is 0 Å². The van der Waals surface area contributed by atoms with E-state index >= 15 is 0 Å². The number of rotatable bonds is 6. The second-order valence-corrected chi connectivity index (χ2v) is 4.42. The van der Waals surface area contributed by atoms with Gasteiger partial charge >= 0.3 is 17.9 Å². The molecule has 0 heterocycles. The molecule has 0 fully saturated rings. The van der Waals surface area contributed by atoms with Gasteiger partial charge in [0.05, 0.1) is 19.1 Å². The van der Waals surface area contributed by atoms with E-state index in [2.05, 4.69) is 0 Å². The summed E-state index contributed by atoms with van der Waals surface area (Å²) >= 11 is 0. The van der Waals surface area contributed by atoms with Crippen molar-refractivity contribution >= 4 is 17.9 Å². The molecular weight excluding hydrogens is 252 g/mol. The van der Waals surface area contributed by atoms with Crippen LogP contribution in [0, 0.1) is 17.3 Å². The summed E-state index contributed by atoms with van der Waals surface area (Å²) in [6, 6.07) is 0. The molecule has 1 rings (SSSR count). The molecule has 6 heteroatoms. The Kier molecular flexibility index (Phi) is 4.69. The van der Waals surface area contributed by atoms with Gasteiger partial charge in [0.1, 0.15) is 0 Å². The van der Waals surface area contributed by atoms with E-state index in [1.54, 1.807) is 13.8 Å². The first-order valence-electron chi connectivity index (χ1n) is 6.15. The first-order chi connectivity index (χ1) is 8.89. The van der Waals surface area contributed by atoms with Gasteiger partial charge in [0, 0.05) is 5.92 Å². The van der Waals surface area contributed by atoms with Gasteiger partial charge in [-0.2, -0.15) is 0 Å². The molecule has 19 heavy (non-hydrogen) atoms. The molecule has 1 aliphatic rings. The Hall–Kier alpha value is -1.85. The zero-order valence-corrected chi connectivity index (χ0v) is 11.2. The number of esters is 2. The highest BCUT2D eigenvalue weighted by molar-refractivity contribution is 6.01. The zero-order chi connectivity index (χ0) is 14.6. The summed E-state index contributed by atoms with van der Waals surface area (Å²) in [7, 11) is 0. The van der Waals surface area contributed by atoms with Gasteiger partial charge in [0.25, 0.3) is 0 Å². The first kappa shape index (κ1) is 15.2. The fourth-order valence-electron chi connectivity index (χ4n) is 2.04. The van der Waals surface area contributed by atoms with Crippen LogP contribution in [0.1, 0.15) is 20.8 Å². The molecule has 0 unspecified atom stereocenters. The molecule has 1 aliphatic carbocycles. The maximum Gasteiger partial charge on any atom is 0.323 e. The molecule has 0 bridgehead atoms. The Morgan fingerprint density at radius 3 is 1.84 bits per heavy atom. The summed E-state index contributed by atoms with van der Waals surface area (Å²) < 4.78 is 9.79. The van der Waals surface area contributed by atoms with Gasteiger partial charge < -0.3 is 14.6 Å². The SMILES string of the molecule is CCOC(=O)C(C)(C(=O)OCC)[C@H]1C=C[C@H]1C(=O)O. The number of carbonyl (C=O) groups is 3. The molecule has 0 aromatic carbocycles. The van der Waals surface area contributed by atoms with Crippen LogP contribution in [0.5, 0.6) is 0 Å². The lowest BCUT2D eigenvalue weighted by atomic mass is 9.65. The molecular formula is C13H18O6. The van der Waals surface area contributed by atoms with Crippen molar-refractivity contribution in [3.8, 4) is 0 Å². The fourth-order valence-corrected chi connectivity index (χ4v) is 2.04. The van der Waals surface area contributed by atoms with Crippen molar-refractivity contribution in [3.63, 3.8) is 0 Å². The molecule has 0 saturated heterocycles. The molecule has 0 spiro atoms. The second kappa shape index (κ2) is 5.86. The molecule has 106 valence electrons. The van der Waals surface area contributed by atoms with Crippen molar-refractivity contribution in [2.75, 3.05) is 13.2 Å². The maximum absolute atomic E-state index is 12.0. The summed E-state index contributed by atoms with van der Waals surface area (Å²) in [5.74, 6) is -4.21. The molecule has 0 saturated carbocycles. The number of hydrogen-bond acceptors (Lipinski definition) is 5. The van der Waals surface area contributed by atoms with E-state index in [-0.39, 0.29) is 13.2 Å². The van der Waals surface area contributed by atoms with Crippen LogP contribution in [0.15, 0.2) is 12.2 Å². The van der Waals surface area contributed by atoms with Crippen LogP contribution in [-0.2, 0) is 23.9 Å².